The minimum Gasteiger partial charge on any atom is -0.455 e. The van der Waals surface area contributed by atoms with Crippen molar-refractivity contribution >= 4 is 13.5 Å². The maximum Gasteiger partial charge on any atom is 0.475 e. The van der Waals surface area contributed by atoms with E-state index in [0.717, 1.165) is 64.2 Å². The van der Waals surface area contributed by atoms with Crippen LogP contribution in [0, 0.1) is 10.1 Å². The highest BCUT2D eigenvalue weighted by molar-refractivity contribution is 7.48. The molecule has 2 saturated carbocycles. The fourth-order valence-electron chi connectivity index (χ4n) is 4.94. The van der Waals surface area contributed by atoms with Crippen molar-refractivity contribution in [1.82, 2.24) is 0 Å². The normalized spacial score (nSPS) is 30.2. The van der Waals surface area contributed by atoms with Gasteiger partial charge in [0.2, 0.25) is 6.29 Å². The van der Waals surface area contributed by atoms with Crippen LogP contribution >= 0.6 is 7.82 Å². The maximum absolute atomic E-state index is 13.7. The van der Waals surface area contributed by atoms with Gasteiger partial charge in [0.25, 0.3) is 0 Å². The van der Waals surface area contributed by atoms with Gasteiger partial charge in [-0.25, -0.2) is 4.57 Å². The zero-order chi connectivity index (χ0) is 26.4. The number of para-hydroxylation sites is 2. The summed E-state index contributed by atoms with van der Waals surface area (Å²) in [5, 5.41) is 42.7. The zero-order valence-electron chi connectivity index (χ0n) is 20.6. The summed E-state index contributed by atoms with van der Waals surface area (Å²) in [5.41, 5.74) is -0.363. The fourth-order valence-corrected chi connectivity index (χ4v) is 6.59. The van der Waals surface area contributed by atoms with Gasteiger partial charge in [0.1, 0.15) is 24.4 Å². The van der Waals surface area contributed by atoms with Crippen molar-refractivity contribution in [3.63, 3.8) is 0 Å². The van der Waals surface area contributed by atoms with Gasteiger partial charge in [0.05, 0.1) is 23.7 Å². The van der Waals surface area contributed by atoms with Crippen LogP contribution in [0.1, 0.15) is 64.2 Å². The molecule has 0 bridgehead atoms. The molecular weight excluding hydrogens is 509 g/mol. The summed E-state index contributed by atoms with van der Waals surface area (Å²) < 4.78 is 42.3. The Morgan fingerprint density at radius 1 is 0.892 bits per heavy atom. The van der Waals surface area contributed by atoms with Crippen molar-refractivity contribution in [3.8, 4) is 5.75 Å². The molecule has 3 N–H and O–H groups in total. The second-order valence-corrected chi connectivity index (χ2v) is 11.4. The number of phosphoric ester groups is 1. The summed E-state index contributed by atoms with van der Waals surface area (Å²) in [6.45, 7) is -0.488. The number of nitro groups is 1. The third-order valence-corrected chi connectivity index (χ3v) is 8.61. The van der Waals surface area contributed by atoms with Crippen molar-refractivity contribution in [2.45, 2.75) is 107 Å². The van der Waals surface area contributed by atoms with E-state index >= 15 is 0 Å². The number of rotatable bonds is 10. The van der Waals surface area contributed by atoms with Gasteiger partial charge in [0.15, 0.2) is 5.75 Å². The molecule has 1 aliphatic heterocycles. The molecule has 4 rings (SSSR count). The standard InChI is InChI=1S/C24H36NO11P/c26-21-20(34-24(23(28)22(21)27)33-19-14-8-7-13-18(19)25(29)30)15-32-37(31,35-16-9-3-1-4-10-16)36-17-11-5-2-6-12-17/h7-8,13-14,16-17,20-24,26-28H,1-6,9-12,15H2/t20-,21-,22+,23-,24-/m0/s1. The Bertz CT molecular complexity index is 913. The summed E-state index contributed by atoms with van der Waals surface area (Å²) in [4.78, 5) is 10.7. The van der Waals surface area contributed by atoms with Gasteiger partial charge in [0, 0.05) is 6.07 Å². The van der Waals surface area contributed by atoms with Crippen LogP contribution in [0.4, 0.5) is 5.69 Å². The lowest BCUT2D eigenvalue weighted by Crippen LogP contribution is -2.60. The van der Waals surface area contributed by atoms with Gasteiger partial charge in [-0.1, -0.05) is 50.7 Å². The van der Waals surface area contributed by atoms with Gasteiger partial charge in [-0.2, -0.15) is 0 Å². The molecule has 13 heteroatoms. The molecule has 0 spiro atoms. The first kappa shape index (κ1) is 28.4. The summed E-state index contributed by atoms with van der Waals surface area (Å²) in [6.07, 6.45) is 0.473. The molecule has 1 heterocycles. The Balaban J connectivity index is 1.45. The molecule has 1 aromatic carbocycles. The number of hydrogen-bond donors (Lipinski definition) is 3. The van der Waals surface area contributed by atoms with Gasteiger partial charge in [-0.15, -0.1) is 0 Å². The average molecular weight is 546 g/mol. The Hall–Kier alpha value is -1.63. The number of hydrogen-bond acceptors (Lipinski definition) is 11. The second kappa shape index (κ2) is 12.9. The van der Waals surface area contributed by atoms with Crippen LogP contribution in [0.3, 0.4) is 0 Å². The Morgan fingerprint density at radius 2 is 1.46 bits per heavy atom. The highest BCUT2D eigenvalue weighted by atomic mass is 31.2. The first-order valence-electron chi connectivity index (χ1n) is 13.0. The van der Waals surface area contributed by atoms with Crippen molar-refractivity contribution in [2.24, 2.45) is 0 Å². The molecule has 5 atom stereocenters. The third-order valence-electron chi connectivity index (χ3n) is 7.03. The Morgan fingerprint density at radius 3 is 2.03 bits per heavy atom. The lowest BCUT2D eigenvalue weighted by molar-refractivity contribution is -0.387. The highest BCUT2D eigenvalue weighted by Crippen LogP contribution is 2.54. The van der Waals surface area contributed by atoms with Crippen LogP contribution in [-0.2, 0) is 22.9 Å². The van der Waals surface area contributed by atoms with Gasteiger partial charge in [-0.3, -0.25) is 23.7 Å². The molecule has 12 nitrogen and oxygen atoms in total. The third kappa shape index (κ3) is 7.48. The average Bonchev–Trinajstić information content (AvgIpc) is 2.89. The van der Waals surface area contributed by atoms with E-state index in [0.29, 0.717) is 0 Å². The quantitative estimate of drug-likeness (QED) is 0.223. The number of aliphatic hydroxyl groups excluding tert-OH is 3. The fraction of sp³-hybridized carbons (Fsp3) is 0.750. The molecule has 3 aliphatic rings. The molecule has 1 aromatic rings. The minimum atomic E-state index is -4.06. The zero-order valence-corrected chi connectivity index (χ0v) is 21.5. The van der Waals surface area contributed by atoms with Crippen LogP contribution in [0.15, 0.2) is 24.3 Å². The first-order chi connectivity index (χ1) is 17.8. The Kier molecular flexibility index (Phi) is 9.93. The largest absolute Gasteiger partial charge is 0.475 e. The molecule has 37 heavy (non-hydrogen) atoms. The van der Waals surface area contributed by atoms with Crippen molar-refractivity contribution < 1.29 is 47.9 Å². The number of ether oxygens (including phenoxy) is 2. The van der Waals surface area contributed by atoms with Crippen molar-refractivity contribution in [3.05, 3.63) is 34.4 Å². The minimum absolute atomic E-state index is 0.188. The van der Waals surface area contributed by atoms with Crippen LogP contribution < -0.4 is 4.74 Å². The number of aliphatic hydroxyl groups is 3. The predicted octanol–water partition coefficient (Wildman–Crippen LogP) is 3.60. The van der Waals surface area contributed by atoms with Crippen LogP contribution in [0.25, 0.3) is 0 Å². The van der Waals surface area contributed by atoms with Gasteiger partial charge >= 0.3 is 13.5 Å². The summed E-state index contributed by atoms with van der Waals surface area (Å²) in [5.74, 6) is -0.188. The van der Waals surface area contributed by atoms with E-state index in [2.05, 4.69) is 0 Å². The topological polar surface area (TPSA) is 167 Å². The number of benzene rings is 1. The Labute approximate surface area is 215 Å². The van der Waals surface area contributed by atoms with Gasteiger partial charge < -0.3 is 24.8 Å². The summed E-state index contributed by atoms with van der Waals surface area (Å²) >= 11 is 0. The molecule has 0 radical (unpaired) electrons. The number of phosphoric acid groups is 1. The monoisotopic (exact) mass is 545 g/mol. The molecule has 2 aliphatic carbocycles. The second-order valence-electron chi connectivity index (χ2n) is 9.83. The lowest BCUT2D eigenvalue weighted by atomic mass is 9.98. The van der Waals surface area contributed by atoms with E-state index in [9.17, 15) is 30.0 Å². The first-order valence-corrected chi connectivity index (χ1v) is 14.4. The van der Waals surface area contributed by atoms with E-state index in [4.69, 9.17) is 23.0 Å². The summed E-state index contributed by atoms with van der Waals surface area (Å²) in [7, 11) is -4.06. The maximum atomic E-state index is 13.7. The summed E-state index contributed by atoms with van der Waals surface area (Å²) in [6, 6.07) is 5.50. The number of nitro benzene ring substituents is 1. The lowest BCUT2D eigenvalue weighted by Gasteiger charge is -2.40. The van der Waals surface area contributed by atoms with E-state index in [1.165, 1.54) is 24.3 Å². The molecule has 1 saturated heterocycles. The highest BCUT2D eigenvalue weighted by Gasteiger charge is 2.47. The molecule has 0 unspecified atom stereocenters. The predicted molar refractivity (Wildman–Crippen MR) is 130 cm³/mol. The van der Waals surface area contributed by atoms with Gasteiger partial charge in [-0.05, 0) is 31.7 Å². The van der Waals surface area contributed by atoms with Crippen LogP contribution in [0.5, 0.6) is 5.75 Å². The molecule has 3 fully saturated rings. The smallest absolute Gasteiger partial charge is 0.455 e. The van der Waals surface area contributed by atoms with E-state index < -0.39 is 50.1 Å². The SMILES string of the molecule is O=[N+]([O-])c1ccccc1O[C@H]1O[C@@H](COP(=O)(OC2CCCCC2)OC2CCCCC2)[C@H](O)[C@@H](O)[C@@H]1O. The molecule has 0 amide bonds. The molecule has 0 aromatic heterocycles. The van der Waals surface area contributed by atoms with Crippen molar-refractivity contribution in [2.75, 3.05) is 6.61 Å². The van der Waals surface area contributed by atoms with E-state index in [-0.39, 0.29) is 23.6 Å². The van der Waals surface area contributed by atoms with Crippen LogP contribution in [-0.4, -0.2) is 69.8 Å². The van der Waals surface area contributed by atoms with Crippen LogP contribution in [0.2, 0.25) is 0 Å². The molecule has 208 valence electrons. The number of nitrogens with zero attached hydrogens (tertiary/aromatic N) is 1. The van der Waals surface area contributed by atoms with Crippen molar-refractivity contribution in [1.29, 1.82) is 0 Å². The van der Waals surface area contributed by atoms with E-state index in [1.807, 2.05) is 0 Å². The van der Waals surface area contributed by atoms with E-state index in [1.54, 1.807) is 0 Å². The molecular formula is C24H36NO11P.